The predicted molar refractivity (Wildman–Crippen MR) is 115 cm³/mol. The fourth-order valence-electron chi connectivity index (χ4n) is 3.34. The van der Waals surface area contributed by atoms with Crippen molar-refractivity contribution in [1.29, 1.82) is 0 Å². The number of carbonyl (C=O) groups excluding carboxylic acids is 1. The third kappa shape index (κ3) is 3.38. The maximum Gasteiger partial charge on any atom is 0.256 e. The van der Waals surface area contributed by atoms with Crippen molar-refractivity contribution in [3.05, 3.63) is 94.9 Å². The lowest BCUT2D eigenvalue weighted by atomic mass is 10.0. The smallest absolute Gasteiger partial charge is 0.256 e. The van der Waals surface area contributed by atoms with Crippen LogP contribution in [0.3, 0.4) is 0 Å². The number of anilines is 1. The van der Waals surface area contributed by atoms with Gasteiger partial charge in [-0.15, -0.1) is 5.10 Å². The molecule has 0 saturated heterocycles. The number of fused-ring (bicyclic) bond motifs is 1. The molecule has 0 atom stereocenters. The van der Waals surface area contributed by atoms with E-state index in [4.69, 9.17) is 11.6 Å². The average Bonchev–Trinajstić information content (AvgIpc) is 3.35. The Morgan fingerprint density at radius 3 is 2.53 bits per heavy atom. The molecule has 3 aromatic carbocycles. The zero-order chi connectivity index (χ0) is 20.7. The van der Waals surface area contributed by atoms with E-state index >= 15 is 0 Å². The molecule has 0 radical (unpaired) electrons. The number of rotatable bonds is 3. The van der Waals surface area contributed by atoms with Gasteiger partial charge in [0.15, 0.2) is 0 Å². The van der Waals surface area contributed by atoms with E-state index in [0.29, 0.717) is 21.8 Å². The summed E-state index contributed by atoms with van der Waals surface area (Å²) in [7, 11) is 0. The summed E-state index contributed by atoms with van der Waals surface area (Å²) in [5.41, 5.74) is 4.91. The number of hydrogen-bond acceptors (Lipinski definition) is 3. The van der Waals surface area contributed by atoms with E-state index in [0.717, 1.165) is 22.5 Å². The van der Waals surface area contributed by atoms with Gasteiger partial charge in [0.25, 0.3) is 5.91 Å². The van der Waals surface area contributed by atoms with Gasteiger partial charge in [0.05, 0.1) is 11.9 Å². The van der Waals surface area contributed by atoms with Gasteiger partial charge in [-0.25, -0.2) is 9.07 Å². The van der Waals surface area contributed by atoms with E-state index in [9.17, 15) is 9.18 Å². The standard InChI is InChI=1S/C23H14ClFN4O/c24-16-5-8-18(9-6-16)29-13-22(27-28-29)15-3-1-14(2-4-15)11-20-19-12-17(25)7-10-21(19)26-23(20)30/h1-13H,(H,26,30)/b20-11-. The van der Waals surface area contributed by atoms with Gasteiger partial charge in [-0.2, -0.15) is 0 Å². The summed E-state index contributed by atoms with van der Waals surface area (Å²) in [6, 6.07) is 19.2. The summed E-state index contributed by atoms with van der Waals surface area (Å²) in [5, 5.41) is 11.8. The summed E-state index contributed by atoms with van der Waals surface area (Å²) in [6.07, 6.45) is 3.58. The molecule has 0 unspecified atom stereocenters. The van der Waals surface area contributed by atoms with Gasteiger partial charge in [0, 0.05) is 27.4 Å². The number of benzene rings is 3. The Morgan fingerprint density at radius 1 is 1.00 bits per heavy atom. The van der Waals surface area contributed by atoms with Gasteiger partial charge in [-0.3, -0.25) is 4.79 Å². The predicted octanol–water partition coefficient (Wildman–Crippen LogP) is 5.22. The average molecular weight is 417 g/mol. The van der Waals surface area contributed by atoms with Crippen LogP contribution in [0.4, 0.5) is 10.1 Å². The fourth-order valence-corrected chi connectivity index (χ4v) is 3.46. The van der Waals surface area contributed by atoms with Crippen LogP contribution in [0.1, 0.15) is 11.1 Å². The monoisotopic (exact) mass is 416 g/mol. The van der Waals surface area contributed by atoms with Gasteiger partial charge < -0.3 is 5.32 Å². The van der Waals surface area contributed by atoms with E-state index in [1.807, 2.05) is 42.6 Å². The molecule has 1 aliphatic heterocycles. The van der Waals surface area contributed by atoms with E-state index in [1.54, 1.807) is 29.0 Å². The molecule has 0 saturated carbocycles. The zero-order valence-electron chi connectivity index (χ0n) is 15.5. The number of hydrogen-bond donors (Lipinski definition) is 1. The lowest BCUT2D eigenvalue weighted by molar-refractivity contribution is -0.110. The third-order valence-corrected chi connectivity index (χ3v) is 5.12. The Balaban J connectivity index is 1.42. The maximum atomic E-state index is 13.6. The van der Waals surface area contributed by atoms with Gasteiger partial charge in [-0.1, -0.05) is 41.1 Å². The lowest BCUT2D eigenvalue weighted by Crippen LogP contribution is -2.03. The summed E-state index contributed by atoms with van der Waals surface area (Å²) >= 11 is 5.93. The Bertz CT molecular complexity index is 1290. The van der Waals surface area contributed by atoms with E-state index in [2.05, 4.69) is 15.6 Å². The summed E-state index contributed by atoms with van der Waals surface area (Å²) in [4.78, 5) is 12.3. The van der Waals surface area contributed by atoms with Crippen molar-refractivity contribution in [2.75, 3.05) is 5.32 Å². The second kappa shape index (κ2) is 7.24. The second-order valence-corrected chi connectivity index (χ2v) is 7.29. The van der Waals surface area contributed by atoms with Crippen LogP contribution in [0.2, 0.25) is 5.02 Å². The Labute approximate surface area is 176 Å². The lowest BCUT2D eigenvalue weighted by Gasteiger charge is -2.01. The number of nitrogens with zero attached hydrogens (tertiary/aromatic N) is 3. The first-order valence-corrected chi connectivity index (χ1v) is 9.56. The molecule has 0 bridgehead atoms. The minimum absolute atomic E-state index is 0.245. The molecular formula is C23H14ClFN4O. The number of carbonyl (C=O) groups is 1. The molecule has 4 aromatic rings. The van der Waals surface area contributed by atoms with Crippen LogP contribution in [0.25, 0.3) is 28.6 Å². The second-order valence-electron chi connectivity index (χ2n) is 6.85. The summed E-state index contributed by atoms with van der Waals surface area (Å²) in [6.45, 7) is 0. The molecule has 0 aliphatic carbocycles. The molecule has 2 heterocycles. The molecule has 1 aromatic heterocycles. The first-order chi connectivity index (χ1) is 14.6. The molecule has 0 spiro atoms. The molecule has 146 valence electrons. The van der Waals surface area contributed by atoms with Crippen molar-refractivity contribution in [2.24, 2.45) is 0 Å². The quantitative estimate of drug-likeness (QED) is 0.466. The van der Waals surface area contributed by atoms with Crippen LogP contribution < -0.4 is 5.32 Å². The third-order valence-electron chi connectivity index (χ3n) is 4.87. The normalized spacial score (nSPS) is 14.1. The minimum atomic E-state index is -0.379. The van der Waals surface area contributed by atoms with Crippen molar-refractivity contribution in [3.8, 4) is 16.9 Å². The van der Waals surface area contributed by atoms with Crippen LogP contribution >= 0.6 is 11.6 Å². The highest BCUT2D eigenvalue weighted by Crippen LogP contribution is 2.33. The minimum Gasteiger partial charge on any atom is -0.321 e. The molecule has 30 heavy (non-hydrogen) atoms. The van der Waals surface area contributed by atoms with E-state index < -0.39 is 0 Å². The van der Waals surface area contributed by atoms with Crippen LogP contribution in [0, 0.1) is 5.82 Å². The topological polar surface area (TPSA) is 59.8 Å². The molecule has 0 fully saturated rings. The van der Waals surface area contributed by atoms with Gasteiger partial charge in [0.1, 0.15) is 11.5 Å². The molecular weight excluding hydrogens is 403 g/mol. The summed E-state index contributed by atoms with van der Waals surface area (Å²) < 4.78 is 15.3. The van der Waals surface area contributed by atoms with Crippen LogP contribution in [-0.2, 0) is 4.79 Å². The maximum absolute atomic E-state index is 13.6. The first kappa shape index (κ1) is 18.3. The molecule has 7 heteroatoms. The van der Waals surface area contributed by atoms with E-state index in [-0.39, 0.29) is 11.7 Å². The highest BCUT2D eigenvalue weighted by Gasteiger charge is 2.24. The largest absolute Gasteiger partial charge is 0.321 e. The van der Waals surface area contributed by atoms with Crippen LogP contribution in [-0.4, -0.2) is 20.9 Å². The van der Waals surface area contributed by atoms with Gasteiger partial charge in [0.2, 0.25) is 0 Å². The fraction of sp³-hybridized carbons (Fsp3) is 0. The Morgan fingerprint density at radius 2 is 1.77 bits per heavy atom. The van der Waals surface area contributed by atoms with Gasteiger partial charge in [-0.05, 0) is 54.1 Å². The number of aromatic nitrogens is 3. The zero-order valence-corrected chi connectivity index (χ0v) is 16.3. The van der Waals surface area contributed by atoms with Crippen LogP contribution in [0.15, 0.2) is 72.9 Å². The Hall–Kier alpha value is -3.77. The van der Waals surface area contributed by atoms with Crippen molar-refractivity contribution in [1.82, 2.24) is 15.0 Å². The SMILES string of the molecule is O=C1Nc2ccc(F)cc2/C1=C/c1ccc(-c2cn(-c3ccc(Cl)cc3)nn2)cc1. The van der Waals surface area contributed by atoms with Crippen LogP contribution in [0.5, 0.6) is 0 Å². The Kier molecular flexibility index (Phi) is 4.41. The summed E-state index contributed by atoms with van der Waals surface area (Å²) in [5.74, 6) is -0.624. The molecule has 1 N–H and O–H groups in total. The number of halogens is 2. The van der Waals surface area contributed by atoms with E-state index in [1.165, 1.54) is 12.1 Å². The molecule has 1 amide bonds. The molecule has 5 nitrogen and oxygen atoms in total. The molecule has 1 aliphatic rings. The highest BCUT2D eigenvalue weighted by molar-refractivity contribution is 6.34. The van der Waals surface area contributed by atoms with Crippen molar-refractivity contribution in [2.45, 2.75) is 0 Å². The number of amides is 1. The number of nitrogens with one attached hydrogen (secondary N) is 1. The van der Waals surface area contributed by atoms with Crippen molar-refractivity contribution >= 4 is 34.8 Å². The first-order valence-electron chi connectivity index (χ1n) is 9.18. The molecule has 5 rings (SSSR count). The van der Waals surface area contributed by atoms with Gasteiger partial charge >= 0.3 is 0 Å². The van der Waals surface area contributed by atoms with Crippen molar-refractivity contribution in [3.63, 3.8) is 0 Å². The highest BCUT2D eigenvalue weighted by atomic mass is 35.5. The van der Waals surface area contributed by atoms with Crippen molar-refractivity contribution < 1.29 is 9.18 Å².